The van der Waals surface area contributed by atoms with Crippen LogP contribution in [0.2, 0.25) is 0 Å². The van der Waals surface area contributed by atoms with E-state index in [2.05, 4.69) is 60.5 Å². The topological polar surface area (TPSA) is 43.1 Å². The van der Waals surface area contributed by atoms with Crippen molar-refractivity contribution in [3.05, 3.63) is 76.9 Å². The molecule has 1 aliphatic heterocycles. The van der Waals surface area contributed by atoms with Gasteiger partial charge in [0.25, 0.3) is 0 Å². The number of carbonyl (C=O) groups excluding carboxylic acids is 1. The first-order valence-corrected chi connectivity index (χ1v) is 10.5. The highest BCUT2D eigenvalue weighted by molar-refractivity contribution is 5.80. The zero-order chi connectivity index (χ0) is 20.5. The van der Waals surface area contributed by atoms with Crippen LogP contribution in [0.25, 0.3) is 0 Å². The largest absolute Gasteiger partial charge is 0.348 e. The van der Waals surface area contributed by atoms with Gasteiger partial charge in [0.05, 0.1) is 18.2 Å². The van der Waals surface area contributed by atoms with Gasteiger partial charge in [-0.25, -0.2) is 0 Å². The number of fused-ring (bicyclic) bond motifs is 1. The summed E-state index contributed by atoms with van der Waals surface area (Å²) in [6, 6.07) is 14.5. The van der Waals surface area contributed by atoms with Crippen molar-refractivity contribution in [2.24, 2.45) is 5.92 Å². The molecule has 0 bridgehead atoms. The Morgan fingerprint density at radius 3 is 2.59 bits per heavy atom. The Kier molecular flexibility index (Phi) is 5.31. The van der Waals surface area contributed by atoms with Gasteiger partial charge >= 0.3 is 0 Å². The minimum atomic E-state index is -0.0428. The molecule has 3 aromatic rings. The van der Waals surface area contributed by atoms with Crippen LogP contribution in [0, 0.1) is 19.8 Å². The fourth-order valence-electron chi connectivity index (χ4n) is 4.40. The average Bonchev–Trinajstić information content (AvgIpc) is 3.27. The summed E-state index contributed by atoms with van der Waals surface area (Å²) in [5.41, 5.74) is 5.49. The number of carbonyl (C=O) groups is 1. The molecular weight excluding hydrogens is 360 g/mol. The molecule has 0 saturated heterocycles. The molecule has 1 aliphatic rings. The van der Waals surface area contributed by atoms with E-state index >= 15 is 0 Å². The second-order valence-corrected chi connectivity index (χ2v) is 8.43. The summed E-state index contributed by atoms with van der Waals surface area (Å²) < 4.78 is 4.32. The van der Waals surface area contributed by atoms with Crippen molar-refractivity contribution < 1.29 is 4.79 Å². The molecule has 0 aliphatic carbocycles. The monoisotopic (exact) mass is 390 g/mol. The van der Waals surface area contributed by atoms with Crippen molar-refractivity contribution in [2.45, 2.75) is 53.2 Å². The zero-order valence-electron chi connectivity index (χ0n) is 17.8. The van der Waals surface area contributed by atoms with E-state index in [1.54, 1.807) is 0 Å². The van der Waals surface area contributed by atoms with Gasteiger partial charge in [0, 0.05) is 42.8 Å². The van der Waals surface area contributed by atoms with Gasteiger partial charge in [0.15, 0.2) is 0 Å². The Labute approximate surface area is 173 Å². The van der Waals surface area contributed by atoms with E-state index in [9.17, 15) is 4.79 Å². The number of aromatic nitrogens is 3. The van der Waals surface area contributed by atoms with Crippen molar-refractivity contribution in [1.82, 2.24) is 19.2 Å². The molecule has 2 aromatic heterocycles. The molecule has 1 aromatic carbocycles. The van der Waals surface area contributed by atoms with Gasteiger partial charge in [-0.05, 0) is 37.5 Å². The van der Waals surface area contributed by atoms with E-state index in [-0.39, 0.29) is 11.9 Å². The number of nitrogens with zero attached hydrogens (tertiary/aromatic N) is 4. The number of amides is 1. The minimum Gasteiger partial charge on any atom is -0.348 e. The third-order valence-corrected chi connectivity index (χ3v) is 5.87. The minimum absolute atomic E-state index is 0.0428. The van der Waals surface area contributed by atoms with Crippen LogP contribution >= 0.6 is 0 Å². The molecule has 1 amide bonds. The van der Waals surface area contributed by atoms with Crippen molar-refractivity contribution in [3.8, 4) is 0 Å². The highest BCUT2D eigenvalue weighted by Crippen LogP contribution is 2.33. The van der Waals surface area contributed by atoms with Gasteiger partial charge in [0.2, 0.25) is 5.91 Å². The van der Waals surface area contributed by atoms with E-state index in [0.717, 1.165) is 42.1 Å². The van der Waals surface area contributed by atoms with Crippen molar-refractivity contribution >= 4 is 5.91 Å². The second-order valence-electron chi connectivity index (χ2n) is 8.43. The highest BCUT2D eigenvalue weighted by Gasteiger charge is 2.32. The Bertz CT molecular complexity index is 999. The van der Waals surface area contributed by atoms with E-state index in [0.29, 0.717) is 12.3 Å². The molecule has 152 valence electrons. The van der Waals surface area contributed by atoms with Crippen LogP contribution in [0.3, 0.4) is 0 Å². The van der Waals surface area contributed by atoms with E-state index in [4.69, 9.17) is 5.10 Å². The molecule has 0 spiro atoms. The molecule has 0 N–H and O–H groups in total. The van der Waals surface area contributed by atoms with Crippen LogP contribution in [-0.4, -0.2) is 31.7 Å². The maximum atomic E-state index is 13.5. The summed E-state index contributed by atoms with van der Waals surface area (Å²) in [5, 5.41) is 4.70. The lowest BCUT2D eigenvalue weighted by Gasteiger charge is -2.37. The van der Waals surface area contributed by atoms with Crippen LogP contribution in [-0.2, 0) is 24.3 Å². The zero-order valence-corrected chi connectivity index (χ0v) is 17.8. The van der Waals surface area contributed by atoms with Crippen molar-refractivity contribution in [1.29, 1.82) is 0 Å². The number of hydrogen-bond donors (Lipinski definition) is 0. The van der Waals surface area contributed by atoms with E-state index in [1.807, 2.05) is 30.0 Å². The van der Waals surface area contributed by atoms with Gasteiger partial charge in [-0.2, -0.15) is 5.10 Å². The SMILES string of the molecule is Cc1nn(CC(C)C)c(C)c1CC(=O)N1CCn2cccc2C1c1ccccc1. The van der Waals surface area contributed by atoms with Gasteiger partial charge in [-0.3, -0.25) is 9.48 Å². The molecule has 5 heteroatoms. The predicted molar refractivity (Wildman–Crippen MR) is 115 cm³/mol. The first-order chi connectivity index (χ1) is 14.0. The molecule has 1 atom stereocenters. The van der Waals surface area contributed by atoms with Gasteiger partial charge in [-0.1, -0.05) is 44.2 Å². The Morgan fingerprint density at radius 2 is 1.86 bits per heavy atom. The van der Waals surface area contributed by atoms with E-state index in [1.165, 1.54) is 5.69 Å². The molecule has 0 saturated carbocycles. The molecular formula is C24H30N4O. The smallest absolute Gasteiger partial charge is 0.228 e. The standard InChI is InChI=1S/C24H30N4O/c1-17(2)16-28-19(4)21(18(3)25-28)15-23(29)27-14-13-26-12-8-11-22(26)24(27)20-9-6-5-7-10-20/h5-12,17,24H,13-16H2,1-4H3. The van der Waals surface area contributed by atoms with Crippen LogP contribution in [0.5, 0.6) is 0 Å². The van der Waals surface area contributed by atoms with Crippen LogP contribution in [0.1, 0.15) is 48.1 Å². The fraction of sp³-hybridized carbons (Fsp3) is 0.417. The summed E-state index contributed by atoms with van der Waals surface area (Å²) >= 11 is 0. The lowest BCUT2D eigenvalue weighted by atomic mass is 9.98. The van der Waals surface area contributed by atoms with E-state index < -0.39 is 0 Å². The number of rotatable bonds is 5. The molecule has 0 radical (unpaired) electrons. The third-order valence-electron chi connectivity index (χ3n) is 5.87. The molecule has 29 heavy (non-hydrogen) atoms. The number of benzene rings is 1. The molecule has 1 unspecified atom stereocenters. The quantitative estimate of drug-likeness (QED) is 0.657. The molecule has 4 rings (SSSR count). The van der Waals surface area contributed by atoms with Crippen LogP contribution in [0.4, 0.5) is 0 Å². The summed E-state index contributed by atoms with van der Waals surface area (Å²) in [7, 11) is 0. The normalized spacial score (nSPS) is 16.3. The summed E-state index contributed by atoms with van der Waals surface area (Å²) in [4.78, 5) is 15.5. The van der Waals surface area contributed by atoms with Crippen molar-refractivity contribution in [2.75, 3.05) is 6.54 Å². The Hall–Kier alpha value is -2.82. The first-order valence-electron chi connectivity index (χ1n) is 10.5. The van der Waals surface area contributed by atoms with Gasteiger partial charge in [-0.15, -0.1) is 0 Å². The summed E-state index contributed by atoms with van der Waals surface area (Å²) in [6.07, 6.45) is 2.51. The summed E-state index contributed by atoms with van der Waals surface area (Å²) in [6.45, 7) is 10.9. The maximum Gasteiger partial charge on any atom is 0.228 e. The number of hydrogen-bond acceptors (Lipinski definition) is 2. The number of aryl methyl sites for hydroxylation is 1. The summed E-state index contributed by atoms with van der Waals surface area (Å²) in [5.74, 6) is 0.690. The third kappa shape index (κ3) is 3.74. The Morgan fingerprint density at radius 1 is 1.10 bits per heavy atom. The fourth-order valence-corrected chi connectivity index (χ4v) is 4.40. The molecule has 3 heterocycles. The predicted octanol–water partition coefficient (Wildman–Crippen LogP) is 4.13. The van der Waals surface area contributed by atoms with Crippen LogP contribution in [0.15, 0.2) is 48.7 Å². The maximum absolute atomic E-state index is 13.5. The van der Waals surface area contributed by atoms with Gasteiger partial charge < -0.3 is 9.47 Å². The Balaban J connectivity index is 1.64. The molecule has 5 nitrogen and oxygen atoms in total. The highest BCUT2D eigenvalue weighted by atomic mass is 16.2. The molecule has 0 fully saturated rings. The average molecular weight is 391 g/mol. The second kappa shape index (κ2) is 7.90. The lowest BCUT2D eigenvalue weighted by Crippen LogP contribution is -2.43. The van der Waals surface area contributed by atoms with Crippen LogP contribution < -0.4 is 0 Å². The lowest BCUT2D eigenvalue weighted by molar-refractivity contribution is -0.133. The van der Waals surface area contributed by atoms with Gasteiger partial charge in [0.1, 0.15) is 0 Å². The first kappa shape index (κ1) is 19.5. The van der Waals surface area contributed by atoms with Crippen molar-refractivity contribution in [3.63, 3.8) is 0 Å².